The van der Waals surface area contributed by atoms with Crippen molar-refractivity contribution in [3.05, 3.63) is 72.6 Å². The Hall–Kier alpha value is -2.92. The smallest absolute Gasteiger partial charge is 0.0898 e. The van der Waals surface area contributed by atoms with Crippen LogP contribution in [0.1, 0.15) is 12.8 Å². The van der Waals surface area contributed by atoms with Crippen LogP contribution in [-0.2, 0) is 0 Å². The summed E-state index contributed by atoms with van der Waals surface area (Å²) in [5.41, 5.74) is 10.1. The van der Waals surface area contributed by atoms with Gasteiger partial charge in [-0.05, 0) is 37.1 Å². The number of fused-ring (bicyclic) bond motifs is 1. The van der Waals surface area contributed by atoms with Crippen LogP contribution in [0, 0.1) is 0 Å². The Bertz CT molecular complexity index is 874. The van der Waals surface area contributed by atoms with Crippen molar-refractivity contribution in [2.24, 2.45) is 11.6 Å². The van der Waals surface area contributed by atoms with Gasteiger partial charge in [-0.15, -0.1) is 0 Å². The van der Waals surface area contributed by atoms with E-state index in [2.05, 4.69) is 11.1 Å². The molecular formula is C20H21FN4. The number of pyridine rings is 1. The van der Waals surface area contributed by atoms with Gasteiger partial charge in [-0.1, -0.05) is 36.4 Å². The quantitative estimate of drug-likeness (QED) is 0.524. The number of alkyl halides is 1. The lowest BCUT2D eigenvalue weighted by Gasteiger charge is -2.15. The van der Waals surface area contributed by atoms with Crippen LogP contribution in [0.2, 0.25) is 0 Å². The number of halogens is 1. The largest absolute Gasteiger partial charge is 0.401 e. The van der Waals surface area contributed by atoms with Crippen molar-refractivity contribution in [3.63, 3.8) is 0 Å². The monoisotopic (exact) mass is 336 g/mol. The van der Waals surface area contributed by atoms with Crippen LogP contribution >= 0.6 is 0 Å². The number of benzene rings is 2. The Labute approximate surface area is 146 Å². The summed E-state index contributed by atoms with van der Waals surface area (Å²) >= 11 is 0. The molecule has 0 bridgehead atoms. The predicted octanol–water partition coefficient (Wildman–Crippen LogP) is 4.13. The van der Waals surface area contributed by atoms with Gasteiger partial charge in [0.1, 0.15) is 0 Å². The minimum atomic E-state index is -0.382. The highest BCUT2D eigenvalue weighted by atomic mass is 19.1. The summed E-state index contributed by atoms with van der Waals surface area (Å²) in [6.45, 7) is -0.382. The molecule has 4 N–H and O–H groups in total. The Balaban J connectivity index is 1.79. The molecule has 0 aliphatic rings. The van der Waals surface area contributed by atoms with Crippen molar-refractivity contribution in [2.45, 2.75) is 12.8 Å². The lowest BCUT2D eigenvalue weighted by Crippen LogP contribution is -2.25. The highest BCUT2D eigenvalue weighted by Gasteiger charge is 2.04. The molecule has 0 fully saturated rings. The van der Waals surface area contributed by atoms with Crippen LogP contribution in [0.4, 0.5) is 10.1 Å². The zero-order chi connectivity index (χ0) is 17.6. The second-order valence-electron chi connectivity index (χ2n) is 5.84. The van der Waals surface area contributed by atoms with E-state index in [0.717, 1.165) is 27.8 Å². The molecule has 0 radical (unpaired) electrons. The molecule has 0 saturated carbocycles. The number of hydrogen-bond acceptors (Lipinski definition) is 4. The van der Waals surface area contributed by atoms with Gasteiger partial charge >= 0.3 is 0 Å². The van der Waals surface area contributed by atoms with E-state index in [4.69, 9.17) is 11.6 Å². The van der Waals surface area contributed by atoms with Crippen molar-refractivity contribution < 1.29 is 4.39 Å². The van der Waals surface area contributed by atoms with E-state index in [1.165, 1.54) is 5.01 Å². The van der Waals surface area contributed by atoms with Crippen LogP contribution in [0.3, 0.4) is 0 Å². The van der Waals surface area contributed by atoms with Gasteiger partial charge in [0.15, 0.2) is 0 Å². The van der Waals surface area contributed by atoms with E-state index in [9.17, 15) is 4.39 Å². The number of anilines is 1. The molecule has 128 valence electrons. The number of nitrogens with zero attached hydrogens (tertiary/aromatic N) is 2. The first-order chi connectivity index (χ1) is 12.2. The van der Waals surface area contributed by atoms with Gasteiger partial charge in [-0.25, -0.2) is 10.8 Å². The maximum Gasteiger partial charge on any atom is 0.0898 e. The number of nitrogens with two attached hydrogens (primary N) is 2. The average Bonchev–Trinajstić information content (AvgIpc) is 2.66. The van der Waals surface area contributed by atoms with Crippen molar-refractivity contribution in [3.8, 4) is 11.3 Å². The number of rotatable bonds is 6. The topological polar surface area (TPSA) is 68.2 Å². The maximum atomic E-state index is 12.2. The van der Waals surface area contributed by atoms with E-state index >= 15 is 0 Å². The van der Waals surface area contributed by atoms with Crippen LogP contribution < -0.4 is 16.6 Å². The van der Waals surface area contributed by atoms with Crippen molar-refractivity contribution in [1.29, 1.82) is 0 Å². The molecule has 0 unspecified atom stereocenters. The molecule has 3 aromatic rings. The molecular weight excluding hydrogens is 315 g/mol. The fourth-order valence-corrected chi connectivity index (χ4v) is 2.62. The minimum absolute atomic E-state index is 0.382. The van der Waals surface area contributed by atoms with E-state index in [1.807, 2.05) is 54.6 Å². The second kappa shape index (κ2) is 7.77. The molecule has 0 spiro atoms. The van der Waals surface area contributed by atoms with Crippen LogP contribution in [-0.4, -0.2) is 11.7 Å². The first-order valence-corrected chi connectivity index (χ1v) is 8.19. The van der Waals surface area contributed by atoms with E-state index in [1.54, 1.807) is 6.20 Å². The molecule has 0 aliphatic carbocycles. The summed E-state index contributed by atoms with van der Waals surface area (Å²) in [4.78, 5) is 4.69. The summed E-state index contributed by atoms with van der Waals surface area (Å²) in [5, 5.41) is 2.57. The zero-order valence-electron chi connectivity index (χ0n) is 13.9. The Morgan fingerprint density at radius 2 is 1.80 bits per heavy atom. The molecule has 2 aromatic carbocycles. The molecule has 5 heteroatoms. The lowest BCUT2D eigenvalue weighted by atomic mass is 10.1. The lowest BCUT2D eigenvalue weighted by molar-refractivity contribution is 0.471. The average molecular weight is 336 g/mol. The summed E-state index contributed by atoms with van der Waals surface area (Å²) in [7, 11) is 0. The van der Waals surface area contributed by atoms with E-state index in [-0.39, 0.29) is 6.67 Å². The van der Waals surface area contributed by atoms with Crippen LogP contribution in [0.5, 0.6) is 0 Å². The molecule has 4 nitrogen and oxygen atoms in total. The number of hydrogen-bond donors (Lipinski definition) is 2. The second-order valence-corrected chi connectivity index (χ2v) is 5.84. The number of hydrazine groups is 1. The Morgan fingerprint density at radius 1 is 1.04 bits per heavy atom. The normalized spacial score (nSPS) is 11.7. The SMILES string of the molecule is N/C(=C\N(N)c1ccc(-c2ccc3ccccc3n2)cc1)CCCF. The predicted molar refractivity (Wildman–Crippen MR) is 101 cm³/mol. The molecule has 3 rings (SSSR count). The van der Waals surface area contributed by atoms with E-state index < -0.39 is 0 Å². The first kappa shape index (κ1) is 16.9. The third kappa shape index (κ3) is 4.14. The molecule has 0 atom stereocenters. The maximum absolute atomic E-state index is 12.2. The van der Waals surface area contributed by atoms with Gasteiger partial charge in [-0.2, -0.15) is 0 Å². The molecule has 1 heterocycles. The zero-order valence-corrected chi connectivity index (χ0v) is 13.9. The van der Waals surface area contributed by atoms with Crippen LogP contribution in [0.25, 0.3) is 22.2 Å². The van der Waals surface area contributed by atoms with Gasteiger partial charge in [0.05, 0.1) is 23.6 Å². The number of aromatic nitrogens is 1. The first-order valence-electron chi connectivity index (χ1n) is 8.19. The highest BCUT2D eigenvalue weighted by Crippen LogP contribution is 2.23. The Kier molecular flexibility index (Phi) is 5.26. The molecule has 0 aliphatic heterocycles. The van der Waals surface area contributed by atoms with Crippen molar-refractivity contribution in [1.82, 2.24) is 4.98 Å². The standard InChI is InChI=1S/C20H21FN4/c21-13-3-5-17(22)14-25(23)18-10-7-16(8-11-18)20-12-9-15-4-1-2-6-19(15)24-20/h1-2,4,6-12,14H,3,5,13,22-23H2/b17-14-. The van der Waals surface area contributed by atoms with Gasteiger partial charge in [0.2, 0.25) is 0 Å². The minimum Gasteiger partial charge on any atom is -0.401 e. The van der Waals surface area contributed by atoms with Crippen LogP contribution in [0.15, 0.2) is 72.6 Å². The Morgan fingerprint density at radius 3 is 2.56 bits per heavy atom. The third-order valence-corrected chi connectivity index (χ3v) is 3.96. The van der Waals surface area contributed by atoms with Gasteiger partial charge in [0, 0.05) is 22.8 Å². The number of para-hydroxylation sites is 1. The van der Waals surface area contributed by atoms with Crippen molar-refractivity contribution >= 4 is 16.6 Å². The van der Waals surface area contributed by atoms with E-state index in [0.29, 0.717) is 18.5 Å². The number of allylic oxidation sites excluding steroid dienone is 1. The molecule has 1 aromatic heterocycles. The molecule has 25 heavy (non-hydrogen) atoms. The van der Waals surface area contributed by atoms with Gasteiger partial charge in [-0.3, -0.25) is 9.40 Å². The summed E-state index contributed by atoms with van der Waals surface area (Å²) in [6.07, 6.45) is 2.52. The van der Waals surface area contributed by atoms with Crippen molar-refractivity contribution in [2.75, 3.05) is 11.7 Å². The fourth-order valence-electron chi connectivity index (χ4n) is 2.62. The summed E-state index contributed by atoms with van der Waals surface area (Å²) in [6, 6.07) is 19.9. The molecule has 0 amide bonds. The highest BCUT2D eigenvalue weighted by molar-refractivity contribution is 5.81. The molecule has 0 saturated heterocycles. The summed E-state index contributed by atoms with van der Waals surface area (Å²) < 4.78 is 12.2. The third-order valence-electron chi connectivity index (χ3n) is 3.96. The summed E-state index contributed by atoms with van der Waals surface area (Å²) in [5.74, 6) is 6.00. The van der Waals surface area contributed by atoms with Gasteiger partial charge in [0.25, 0.3) is 0 Å². The fraction of sp³-hybridized carbons (Fsp3) is 0.150. The van der Waals surface area contributed by atoms with Gasteiger partial charge < -0.3 is 5.73 Å².